The molecule has 5 saturated carbocycles. The van der Waals surface area contributed by atoms with Crippen LogP contribution in [0.25, 0.3) is 43.1 Å². The number of ether oxygens (including phenoxy) is 1. The molecule has 3 aliphatic heterocycles. The van der Waals surface area contributed by atoms with E-state index in [-0.39, 0.29) is 27.6 Å². The summed E-state index contributed by atoms with van der Waals surface area (Å²) in [6.45, 7) is 6.08. The highest BCUT2D eigenvalue weighted by Crippen LogP contribution is 2.34. The molecule has 5 atom stereocenters. The molecular weight excluding hydrogens is 1570 g/mol. The Hall–Kier alpha value is -5.10. The Labute approximate surface area is 717 Å². The number of Topliss-reactive ketones (excluding diaryl/α,β-unsaturated/α-hetero) is 7. The van der Waals surface area contributed by atoms with Gasteiger partial charge in [0.05, 0.1) is 38.2 Å². The van der Waals surface area contributed by atoms with E-state index >= 15 is 0 Å². The van der Waals surface area contributed by atoms with Crippen LogP contribution in [0.15, 0.2) is 170 Å². The van der Waals surface area contributed by atoms with Crippen molar-refractivity contribution in [2.24, 2.45) is 0 Å². The smallest absolute Gasteiger partial charge is 0.211 e. The van der Waals surface area contributed by atoms with Crippen LogP contribution in [0.3, 0.4) is 0 Å². The van der Waals surface area contributed by atoms with Gasteiger partial charge in [-0.2, -0.15) is 0 Å². The summed E-state index contributed by atoms with van der Waals surface area (Å²) in [5.74, 6) is 15.4. The molecule has 8 fully saturated rings. The van der Waals surface area contributed by atoms with Gasteiger partial charge in [-0.3, -0.25) is 33.6 Å². The number of ketones is 7. The van der Waals surface area contributed by atoms with E-state index in [2.05, 4.69) is 112 Å². The Morgan fingerprint density at radius 1 is 0.336 bits per heavy atom. The first-order chi connectivity index (χ1) is 56.5. The highest BCUT2D eigenvalue weighted by molar-refractivity contribution is 7.99. The lowest BCUT2D eigenvalue weighted by molar-refractivity contribution is -0.120. The van der Waals surface area contributed by atoms with Crippen LogP contribution in [0.5, 0.6) is 0 Å². The van der Waals surface area contributed by atoms with Gasteiger partial charge in [0.25, 0.3) is 0 Å². The summed E-state index contributed by atoms with van der Waals surface area (Å²) in [7, 11) is 2.28. The number of fused-ring (bicyclic) bond motifs is 4. The number of unbranched alkanes of at least 4 members (excludes halogenated alkanes) is 2. The van der Waals surface area contributed by atoms with E-state index in [9.17, 15) is 33.6 Å². The molecule has 116 heavy (non-hydrogen) atoms. The van der Waals surface area contributed by atoms with Crippen molar-refractivity contribution in [1.29, 1.82) is 0 Å². The quantitative estimate of drug-likeness (QED) is 0.0457. The van der Waals surface area contributed by atoms with Gasteiger partial charge in [0.15, 0.2) is 56.1 Å². The van der Waals surface area contributed by atoms with E-state index in [1.807, 2.05) is 97.1 Å². The summed E-state index contributed by atoms with van der Waals surface area (Å²) in [5.41, 5.74) is 3.49. The van der Waals surface area contributed by atoms with Gasteiger partial charge >= 0.3 is 0 Å². The molecule has 3 heterocycles. The standard InChI is InChI=1S/C20H27OS.C16H17O2S.2C16H17OS.C13H23OS.C12H21OS.C8H15OS/c1-3-5-13-22(14-6-4-2)16-20(21)19-12-11-17-9-7-8-10-18(17)15-19;17-16(12-19-9-7-18-8-10-19)15-6-5-13-3-1-2-4-14(13)11-15;2*17-16(12-18-9-3-4-10-18)15-8-7-13-5-1-2-6-14(13)11-15;1-15(11-7-3-2-4-8-11)13-10-6-5-9-12(13)14;1-14(10-6-2-3-7-10)12-9-5-4-8-11(12)13;1-10(2)8-6-4-3-5-7(8)9/h7-12,15H,3-6,13-14,16H2,1-2H3;1-6,11H,7-10,12H2;2*1-2,5-8,11H,3-4,9-10,12H2;11,13H,2-10H2,1H3;10,12H,2-9H2,1H3;8H,3-6H2,1-2H3/q7*+1. The Kier molecular flexibility index (Phi) is 40.9. The molecule has 0 aromatic heterocycles. The van der Waals surface area contributed by atoms with Crippen molar-refractivity contribution in [3.05, 3.63) is 192 Å². The van der Waals surface area contributed by atoms with Crippen molar-refractivity contribution >= 4 is 160 Å². The summed E-state index contributed by atoms with van der Waals surface area (Å²) in [4.78, 5) is 84.4. The molecule has 8 aromatic carbocycles. The molecule has 5 unspecified atom stereocenters. The lowest BCUT2D eigenvalue weighted by atomic mass is 9.99. The minimum atomic E-state index is 0.217. The summed E-state index contributed by atoms with van der Waals surface area (Å²) in [6.07, 6.45) is 45.3. The predicted octanol–water partition coefficient (Wildman–Crippen LogP) is 21.9. The van der Waals surface area contributed by atoms with Crippen LogP contribution in [-0.4, -0.2) is 174 Å². The zero-order valence-electron chi connectivity index (χ0n) is 71.1. The Morgan fingerprint density at radius 3 is 0.940 bits per heavy atom. The van der Waals surface area contributed by atoms with Crippen molar-refractivity contribution < 1.29 is 38.3 Å². The first kappa shape index (κ1) is 93.2. The van der Waals surface area contributed by atoms with Crippen LogP contribution in [0.1, 0.15) is 241 Å². The summed E-state index contributed by atoms with van der Waals surface area (Å²) in [5, 5.41) is 12.5. The predicted molar refractivity (Wildman–Crippen MR) is 517 cm³/mol. The van der Waals surface area contributed by atoms with E-state index in [0.717, 1.165) is 141 Å². The summed E-state index contributed by atoms with van der Waals surface area (Å²) < 4.78 is 5.34. The second-order valence-corrected chi connectivity index (χ2v) is 49.7. The first-order valence-corrected chi connectivity index (χ1v) is 56.7. The molecule has 5 aliphatic carbocycles. The van der Waals surface area contributed by atoms with Gasteiger partial charge in [0.1, 0.15) is 56.5 Å². The molecule has 8 aromatic rings. The van der Waals surface area contributed by atoms with Gasteiger partial charge in [-0.1, -0.05) is 179 Å². The van der Waals surface area contributed by atoms with Gasteiger partial charge in [0.2, 0.25) is 23.1 Å². The number of carbonyl (C=O) groups is 7. The molecular formula is C101H137O8S7+7. The highest BCUT2D eigenvalue weighted by Gasteiger charge is 2.43. The molecule has 0 N–H and O–H groups in total. The maximum Gasteiger partial charge on any atom is 0.211 e. The second-order valence-electron chi connectivity index (χ2n) is 33.2. The zero-order chi connectivity index (χ0) is 81.8. The number of carbonyl (C=O) groups excluding carboxylic acids is 7. The van der Waals surface area contributed by atoms with Crippen molar-refractivity contribution in [2.45, 2.75) is 226 Å². The van der Waals surface area contributed by atoms with Gasteiger partial charge < -0.3 is 4.74 Å². The van der Waals surface area contributed by atoms with Gasteiger partial charge in [0, 0.05) is 71.7 Å². The molecule has 16 rings (SSSR count). The summed E-state index contributed by atoms with van der Waals surface area (Å²) in [6, 6.07) is 57.1. The summed E-state index contributed by atoms with van der Waals surface area (Å²) >= 11 is 0. The average molecular weight is 1700 g/mol. The van der Waals surface area contributed by atoms with E-state index in [1.54, 1.807) is 0 Å². The Morgan fingerprint density at radius 2 is 0.629 bits per heavy atom. The SMILES string of the molecule is CCCC[S+](CCCC)CC(=O)c1ccc2ccccc2c1.C[S+](C)C1CCCCC1=O.C[S+](C1CCCC1)C1CCCCC1=O.C[S+](C1CCCCC1)C1CCCCC1=O.O=C(C[S+]1CCCC1)c1ccc2ccccc2c1.O=C(C[S+]1CCCC1)c1ccc2ccccc2c1.O=C(C[S+]1CCOCC1)c1ccc2ccccc2c1. The van der Waals surface area contributed by atoms with Gasteiger partial charge in [-0.05, 0) is 261 Å². The topological polar surface area (TPSA) is 129 Å². The third kappa shape index (κ3) is 30.2. The van der Waals surface area contributed by atoms with Crippen molar-refractivity contribution in [2.75, 3.05) is 107 Å². The lowest BCUT2D eigenvalue weighted by Gasteiger charge is -2.27. The van der Waals surface area contributed by atoms with E-state index < -0.39 is 0 Å². The van der Waals surface area contributed by atoms with Gasteiger partial charge in [-0.25, -0.2) is 0 Å². The fourth-order valence-corrected chi connectivity index (χ4v) is 32.4. The fourth-order valence-electron chi connectivity index (χ4n) is 17.2. The number of hydrogen-bond donors (Lipinski definition) is 0. The first-order valence-electron chi connectivity index (χ1n) is 44.2. The molecule has 8 nitrogen and oxygen atoms in total. The number of hydrogen-bond acceptors (Lipinski definition) is 8. The van der Waals surface area contributed by atoms with Crippen LogP contribution in [0, 0.1) is 0 Å². The van der Waals surface area contributed by atoms with Crippen molar-refractivity contribution in [1.82, 2.24) is 0 Å². The second kappa shape index (κ2) is 51.0. The van der Waals surface area contributed by atoms with Crippen LogP contribution in [-0.2, 0) is 95.4 Å². The van der Waals surface area contributed by atoms with Crippen molar-refractivity contribution in [3.8, 4) is 0 Å². The molecule has 0 bridgehead atoms. The third-order valence-electron chi connectivity index (χ3n) is 24.3. The van der Waals surface area contributed by atoms with E-state index in [1.165, 1.54) is 197 Å². The Bertz CT molecular complexity index is 4260. The monoisotopic (exact) mass is 1700 g/mol. The number of benzene rings is 8. The van der Waals surface area contributed by atoms with Crippen LogP contribution >= 0.6 is 0 Å². The van der Waals surface area contributed by atoms with Gasteiger partial charge in [-0.15, -0.1) is 0 Å². The maximum atomic E-state index is 12.6. The van der Waals surface area contributed by atoms with Crippen LogP contribution < -0.4 is 0 Å². The average Bonchev–Trinajstić information content (AvgIpc) is 1.02. The lowest BCUT2D eigenvalue weighted by Crippen LogP contribution is -2.39. The molecule has 0 amide bonds. The normalized spacial score (nSPS) is 20.2. The van der Waals surface area contributed by atoms with Crippen LogP contribution in [0.4, 0.5) is 0 Å². The third-order valence-corrected chi connectivity index (χ3v) is 41.2. The van der Waals surface area contributed by atoms with Crippen LogP contribution in [0.2, 0.25) is 0 Å². The van der Waals surface area contributed by atoms with E-state index in [4.69, 9.17) is 4.74 Å². The molecule has 0 spiro atoms. The molecule has 624 valence electrons. The fraction of sp³-hybridized carbons (Fsp3) is 0.535. The Balaban J connectivity index is 0.000000144. The van der Waals surface area contributed by atoms with Crippen molar-refractivity contribution in [3.63, 3.8) is 0 Å². The highest BCUT2D eigenvalue weighted by atomic mass is 32.2. The van der Waals surface area contributed by atoms with E-state index in [0.29, 0.717) is 111 Å². The molecule has 15 heteroatoms. The largest absolute Gasteiger partial charge is 0.372 e. The minimum Gasteiger partial charge on any atom is -0.372 e. The molecule has 0 radical (unpaired) electrons. The molecule has 3 saturated heterocycles. The number of rotatable bonds is 23. The minimum absolute atomic E-state index is 0.217. The maximum absolute atomic E-state index is 12.6. The zero-order valence-corrected chi connectivity index (χ0v) is 76.8. The molecule has 8 aliphatic rings.